The van der Waals surface area contributed by atoms with E-state index in [0.717, 1.165) is 38.0 Å². The molecule has 9 heteroatoms. The van der Waals surface area contributed by atoms with Crippen LogP contribution in [0.5, 0.6) is 0 Å². The van der Waals surface area contributed by atoms with Crippen LogP contribution in [0.15, 0.2) is 30.5 Å². The Morgan fingerprint density at radius 1 is 1.22 bits per heavy atom. The Hall–Kier alpha value is -2.45. The molecule has 1 aromatic heterocycles. The quantitative estimate of drug-likeness (QED) is 0.833. The Morgan fingerprint density at radius 3 is 2.74 bits per heavy atom. The van der Waals surface area contributed by atoms with Gasteiger partial charge < -0.3 is 15.5 Å². The van der Waals surface area contributed by atoms with Gasteiger partial charge >= 0.3 is 0 Å². The summed E-state index contributed by atoms with van der Waals surface area (Å²) >= 11 is 0. The average molecular weight is 391 g/mol. The van der Waals surface area contributed by atoms with Gasteiger partial charge in [-0.3, -0.25) is 9.59 Å². The number of hydrogen-bond donors (Lipinski definition) is 2. The highest BCUT2D eigenvalue weighted by atomic mass is 35.5. The van der Waals surface area contributed by atoms with E-state index in [9.17, 15) is 9.59 Å². The molecule has 2 aliphatic rings. The molecule has 2 aliphatic heterocycles. The van der Waals surface area contributed by atoms with E-state index in [1.54, 1.807) is 21.8 Å². The summed E-state index contributed by atoms with van der Waals surface area (Å²) in [6, 6.07) is 7.64. The molecule has 0 radical (unpaired) electrons. The second-order valence-corrected chi connectivity index (χ2v) is 6.69. The number of nitrogens with one attached hydrogen (secondary N) is 2. The number of piperidine rings is 1. The van der Waals surface area contributed by atoms with Gasteiger partial charge in [0.25, 0.3) is 5.91 Å². The van der Waals surface area contributed by atoms with Crippen molar-refractivity contribution in [1.29, 1.82) is 0 Å². The molecule has 2 fully saturated rings. The van der Waals surface area contributed by atoms with Crippen molar-refractivity contribution in [3.63, 3.8) is 0 Å². The van der Waals surface area contributed by atoms with Crippen LogP contribution in [0.4, 0.5) is 11.4 Å². The third-order valence-corrected chi connectivity index (χ3v) is 4.94. The zero-order chi connectivity index (χ0) is 17.9. The van der Waals surface area contributed by atoms with E-state index in [-0.39, 0.29) is 36.0 Å². The van der Waals surface area contributed by atoms with Crippen molar-refractivity contribution in [3.8, 4) is 0 Å². The Kier molecular flexibility index (Phi) is 6.08. The number of anilines is 2. The topological polar surface area (TPSA) is 92.2 Å². The maximum atomic E-state index is 12.6. The lowest BCUT2D eigenvalue weighted by molar-refractivity contribution is -0.117. The predicted octanol–water partition coefficient (Wildman–Crippen LogP) is 2.00. The summed E-state index contributed by atoms with van der Waals surface area (Å²) in [5, 5.41) is 14.3. The Morgan fingerprint density at radius 2 is 2.00 bits per heavy atom. The monoisotopic (exact) mass is 390 g/mol. The molecule has 8 nitrogen and oxygen atoms in total. The molecule has 0 unspecified atom stereocenters. The van der Waals surface area contributed by atoms with E-state index in [1.807, 2.05) is 18.2 Å². The fraction of sp³-hybridized carbons (Fsp3) is 0.444. The van der Waals surface area contributed by atoms with Gasteiger partial charge in [-0.2, -0.15) is 0 Å². The molecule has 0 aliphatic carbocycles. The molecule has 3 heterocycles. The van der Waals surface area contributed by atoms with Crippen LogP contribution in [0, 0.1) is 0 Å². The van der Waals surface area contributed by atoms with Crippen LogP contribution in [0.2, 0.25) is 0 Å². The highest BCUT2D eigenvalue weighted by Gasteiger charge is 2.25. The molecule has 0 atom stereocenters. The first kappa shape index (κ1) is 19.3. The first-order valence-corrected chi connectivity index (χ1v) is 9.05. The summed E-state index contributed by atoms with van der Waals surface area (Å²) in [5.41, 5.74) is 1.63. The van der Waals surface area contributed by atoms with Crippen LogP contribution < -0.4 is 15.5 Å². The van der Waals surface area contributed by atoms with Crippen LogP contribution in [-0.4, -0.2) is 46.4 Å². The van der Waals surface area contributed by atoms with E-state index < -0.39 is 0 Å². The Labute approximate surface area is 163 Å². The fourth-order valence-electron chi connectivity index (χ4n) is 3.53. The van der Waals surface area contributed by atoms with Crippen LogP contribution in [0.25, 0.3) is 0 Å². The summed E-state index contributed by atoms with van der Waals surface area (Å²) in [5.74, 6) is -0.229. The number of para-hydroxylation sites is 2. The maximum absolute atomic E-state index is 12.6. The molecule has 4 rings (SSSR count). The minimum atomic E-state index is -0.315. The van der Waals surface area contributed by atoms with E-state index in [1.165, 1.54) is 0 Å². The number of nitrogens with zero attached hydrogens (tertiary/aromatic N) is 4. The van der Waals surface area contributed by atoms with Gasteiger partial charge in [0.15, 0.2) is 5.69 Å². The number of rotatable bonds is 4. The molecule has 27 heavy (non-hydrogen) atoms. The minimum absolute atomic E-state index is 0. The van der Waals surface area contributed by atoms with E-state index in [4.69, 9.17) is 0 Å². The molecular formula is C18H23ClN6O2. The molecule has 2 N–H and O–H groups in total. The zero-order valence-electron chi connectivity index (χ0n) is 14.9. The zero-order valence-corrected chi connectivity index (χ0v) is 15.7. The molecule has 0 spiro atoms. The molecule has 1 aromatic carbocycles. The first-order valence-electron chi connectivity index (χ1n) is 9.05. The maximum Gasteiger partial charge on any atom is 0.277 e. The van der Waals surface area contributed by atoms with Crippen LogP contribution >= 0.6 is 12.4 Å². The highest BCUT2D eigenvalue weighted by Crippen LogP contribution is 2.29. The van der Waals surface area contributed by atoms with Gasteiger partial charge in [-0.15, -0.1) is 17.5 Å². The summed E-state index contributed by atoms with van der Waals surface area (Å²) in [6.07, 6.45) is 5.04. The van der Waals surface area contributed by atoms with Crippen LogP contribution in [0.3, 0.4) is 0 Å². The number of aromatic nitrogens is 3. The smallest absolute Gasteiger partial charge is 0.277 e. The van der Waals surface area contributed by atoms with Gasteiger partial charge in [0.1, 0.15) is 0 Å². The lowest BCUT2D eigenvalue weighted by atomic mass is 10.1. The average Bonchev–Trinajstić information content (AvgIpc) is 3.32. The van der Waals surface area contributed by atoms with Gasteiger partial charge in [0.2, 0.25) is 5.91 Å². The number of benzene rings is 1. The van der Waals surface area contributed by atoms with Crippen LogP contribution in [0.1, 0.15) is 42.2 Å². The van der Waals surface area contributed by atoms with Crippen molar-refractivity contribution in [2.75, 3.05) is 29.9 Å². The number of carbonyl (C=O) groups excluding carboxylic acids is 2. The summed E-state index contributed by atoms with van der Waals surface area (Å²) < 4.78 is 1.78. The van der Waals surface area contributed by atoms with Crippen molar-refractivity contribution in [1.82, 2.24) is 20.3 Å². The van der Waals surface area contributed by atoms with Gasteiger partial charge in [-0.1, -0.05) is 17.3 Å². The fourth-order valence-corrected chi connectivity index (χ4v) is 3.53. The second kappa shape index (κ2) is 8.49. The molecule has 0 bridgehead atoms. The minimum Gasteiger partial charge on any atom is -0.319 e. The van der Waals surface area contributed by atoms with E-state index >= 15 is 0 Å². The Bertz CT molecular complexity index is 818. The van der Waals surface area contributed by atoms with Crippen molar-refractivity contribution in [2.24, 2.45) is 0 Å². The molecule has 144 valence electrons. The number of carbonyl (C=O) groups is 2. The van der Waals surface area contributed by atoms with E-state index in [0.29, 0.717) is 18.7 Å². The van der Waals surface area contributed by atoms with Crippen LogP contribution in [-0.2, 0) is 4.79 Å². The van der Waals surface area contributed by atoms with Gasteiger partial charge in [-0.25, -0.2) is 4.68 Å². The van der Waals surface area contributed by atoms with Gasteiger partial charge in [-0.05, 0) is 44.5 Å². The third-order valence-electron chi connectivity index (χ3n) is 4.94. The second-order valence-electron chi connectivity index (χ2n) is 6.69. The summed E-state index contributed by atoms with van der Waals surface area (Å²) in [4.78, 5) is 26.4. The molecule has 0 saturated carbocycles. The molecule has 2 amide bonds. The summed E-state index contributed by atoms with van der Waals surface area (Å²) in [6.45, 7) is 2.57. The van der Waals surface area contributed by atoms with Crippen molar-refractivity contribution in [3.05, 3.63) is 36.2 Å². The number of amides is 2. The standard InChI is InChI=1S/C18H22N6O2.ClH/c25-17-6-3-11-23(17)16-5-2-1-4-14(16)20-18(26)15-12-24(22-21-15)13-7-9-19-10-8-13;/h1-2,4-5,12-13,19H,3,6-11H2,(H,20,26);1H. The number of halogens is 1. The first-order chi connectivity index (χ1) is 12.7. The van der Waals surface area contributed by atoms with Gasteiger partial charge in [0.05, 0.1) is 23.6 Å². The molecule has 2 saturated heterocycles. The lowest BCUT2D eigenvalue weighted by Crippen LogP contribution is -2.29. The third kappa shape index (κ3) is 4.12. The van der Waals surface area contributed by atoms with Crippen molar-refractivity contribution in [2.45, 2.75) is 31.7 Å². The predicted molar refractivity (Wildman–Crippen MR) is 104 cm³/mol. The number of hydrogen-bond acceptors (Lipinski definition) is 5. The lowest BCUT2D eigenvalue weighted by Gasteiger charge is -2.22. The SMILES string of the molecule is Cl.O=C(Nc1ccccc1N1CCCC1=O)c1cn(C2CCNCC2)nn1. The highest BCUT2D eigenvalue weighted by molar-refractivity contribution is 6.07. The Balaban J connectivity index is 0.00000210. The largest absolute Gasteiger partial charge is 0.319 e. The van der Waals surface area contributed by atoms with E-state index in [2.05, 4.69) is 20.9 Å². The van der Waals surface area contributed by atoms with Crippen molar-refractivity contribution >= 4 is 35.6 Å². The van der Waals surface area contributed by atoms with Gasteiger partial charge in [0, 0.05) is 13.0 Å². The molecule has 2 aromatic rings. The summed E-state index contributed by atoms with van der Waals surface area (Å²) in [7, 11) is 0. The molecular weight excluding hydrogens is 368 g/mol. The normalized spacial score (nSPS) is 17.6. The van der Waals surface area contributed by atoms with Crippen molar-refractivity contribution < 1.29 is 9.59 Å².